The van der Waals surface area contributed by atoms with Crippen molar-refractivity contribution < 1.29 is 9.53 Å². The second-order valence-electron chi connectivity index (χ2n) is 2.69. The molecular formula is C11H10BrNO2. The Labute approximate surface area is 96.7 Å². The second-order valence-corrected chi connectivity index (χ2v) is 3.25. The van der Waals surface area contributed by atoms with Crippen LogP contribution in [0, 0.1) is 11.8 Å². The van der Waals surface area contributed by atoms with Gasteiger partial charge in [-0.1, -0.05) is 33.8 Å². The van der Waals surface area contributed by atoms with E-state index in [0.717, 1.165) is 0 Å². The summed E-state index contributed by atoms with van der Waals surface area (Å²) in [5.74, 6) is 5.23. The third-order valence-electron chi connectivity index (χ3n) is 1.80. The first kappa shape index (κ1) is 11.6. The summed E-state index contributed by atoms with van der Waals surface area (Å²) in [5.41, 5.74) is 7.12. The summed E-state index contributed by atoms with van der Waals surface area (Å²) in [6, 6.07) is 5.10. The molecule has 0 saturated carbocycles. The van der Waals surface area contributed by atoms with Gasteiger partial charge in [0, 0.05) is 5.56 Å². The van der Waals surface area contributed by atoms with Crippen LogP contribution in [-0.4, -0.2) is 18.4 Å². The monoisotopic (exact) mass is 267 g/mol. The summed E-state index contributed by atoms with van der Waals surface area (Å²) in [5, 5.41) is 0.564. The van der Waals surface area contributed by atoms with Gasteiger partial charge in [-0.3, -0.25) is 0 Å². The normalized spacial score (nSPS) is 8.93. The molecule has 0 aliphatic heterocycles. The van der Waals surface area contributed by atoms with E-state index >= 15 is 0 Å². The summed E-state index contributed by atoms with van der Waals surface area (Å²) in [4.78, 5) is 11.3. The number of anilines is 1. The highest BCUT2D eigenvalue weighted by Gasteiger charge is 2.11. The molecule has 0 bridgehead atoms. The molecule has 1 rings (SSSR count). The van der Waals surface area contributed by atoms with Crippen LogP contribution in [0.5, 0.6) is 0 Å². The number of benzene rings is 1. The van der Waals surface area contributed by atoms with Crippen molar-refractivity contribution in [3.05, 3.63) is 29.3 Å². The number of para-hydroxylation sites is 1. The van der Waals surface area contributed by atoms with Crippen LogP contribution in [0.25, 0.3) is 0 Å². The zero-order valence-electron chi connectivity index (χ0n) is 8.21. The van der Waals surface area contributed by atoms with Gasteiger partial charge in [0.1, 0.15) is 0 Å². The summed E-state index contributed by atoms with van der Waals surface area (Å²) in [6.45, 7) is 0. The van der Waals surface area contributed by atoms with Gasteiger partial charge in [-0.2, -0.15) is 0 Å². The lowest BCUT2D eigenvalue weighted by Crippen LogP contribution is -2.06. The number of carbonyl (C=O) groups is 1. The lowest BCUT2D eigenvalue weighted by Gasteiger charge is -2.04. The molecule has 0 heterocycles. The summed E-state index contributed by atoms with van der Waals surface area (Å²) >= 11 is 3.19. The van der Waals surface area contributed by atoms with Crippen LogP contribution < -0.4 is 5.73 Å². The summed E-state index contributed by atoms with van der Waals surface area (Å²) in [6.07, 6.45) is 0. The number of nitrogens with two attached hydrogens (primary N) is 1. The molecule has 2 N–H and O–H groups in total. The van der Waals surface area contributed by atoms with Gasteiger partial charge in [0.25, 0.3) is 0 Å². The minimum absolute atomic E-state index is 0.346. The minimum Gasteiger partial charge on any atom is -0.465 e. The van der Waals surface area contributed by atoms with Crippen molar-refractivity contribution in [3.63, 3.8) is 0 Å². The molecule has 0 saturated heterocycles. The van der Waals surface area contributed by atoms with Gasteiger partial charge >= 0.3 is 5.97 Å². The topological polar surface area (TPSA) is 52.3 Å². The van der Waals surface area contributed by atoms with Crippen molar-refractivity contribution in [2.45, 2.75) is 0 Å². The van der Waals surface area contributed by atoms with Gasteiger partial charge in [-0.15, -0.1) is 0 Å². The molecule has 1 aromatic carbocycles. The van der Waals surface area contributed by atoms with E-state index in [1.165, 1.54) is 7.11 Å². The van der Waals surface area contributed by atoms with E-state index in [4.69, 9.17) is 5.73 Å². The van der Waals surface area contributed by atoms with Crippen molar-refractivity contribution in [2.75, 3.05) is 18.2 Å². The van der Waals surface area contributed by atoms with Gasteiger partial charge in [0.05, 0.1) is 23.7 Å². The number of hydrogen-bond acceptors (Lipinski definition) is 3. The Morgan fingerprint density at radius 3 is 2.93 bits per heavy atom. The fraction of sp³-hybridized carbons (Fsp3) is 0.182. The second kappa shape index (κ2) is 5.42. The van der Waals surface area contributed by atoms with Crippen LogP contribution in [0.15, 0.2) is 18.2 Å². The number of nitrogen functional groups attached to an aromatic ring is 1. The first-order valence-corrected chi connectivity index (χ1v) is 5.34. The highest BCUT2D eigenvalue weighted by atomic mass is 79.9. The van der Waals surface area contributed by atoms with Crippen LogP contribution in [0.3, 0.4) is 0 Å². The zero-order valence-corrected chi connectivity index (χ0v) is 9.80. The number of ether oxygens (including phenoxy) is 1. The largest absolute Gasteiger partial charge is 0.465 e. The molecule has 15 heavy (non-hydrogen) atoms. The molecule has 0 aliphatic carbocycles. The maximum absolute atomic E-state index is 11.3. The lowest BCUT2D eigenvalue weighted by atomic mass is 10.1. The Bertz CT molecular complexity index is 432. The van der Waals surface area contributed by atoms with E-state index in [1.54, 1.807) is 18.2 Å². The number of alkyl halides is 1. The molecule has 78 valence electrons. The SMILES string of the molecule is COC(=O)c1cccc(C#CCBr)c1N. The van der Waals surface area contributed by atoms with E-state index < -0.39 is 5.97 Å². The third kappa shape index (κ3) is 2.74. The summed E-state index contributed by atoms with van der Waals surface area (Å²) in [7, 11) is 1.32. The standard InChI is InChI=1S/C11H10BrNO2/c1-15-11(14)9-6-2-4-8(10(9)13)5-3-7-12/h2,4,6H,7,13H2,1H3. The maximum Gasteiger partial charge on any atom is 0.339 e. The minimum atomic E-state index is -0.449. The van der Waals surface area contributed by atoms with E-state index in [-0.39, 0.29) is 0 Å². The Balaban J connectivity index is 3.17. The van der Waals surface area contributed by atoms with Crippen molar-refractivity contribution in [2.24, 2.45) is 0 Å². The predicted octanol–water partition coefficient (Wildman–Crippen LogP) is 1.80. The quantitative estimate of drug-likeness (QED) is 0.366. The molecule has 0 spiro atoms. The average Bonchev–Trinajstić information content (AvgIpc) is 2.27. The average molecular weight is 268 g/mol. The highest BCUT2D eigenvalue weighted by molar-refractivity contribution is 9.09. The van der Waals surface area contributed by atoms with Crippen LogP contribution in [0.4, 0.5) is 5.69 Å². The Morgan fingerprint density at radius 2 is 2.33 bits per heavy atom. The van der Waals surface area contributed by atoms with Gasteiger partial charge in [-0.25, -0.2) is 4.79 Å². The van der Waals surface area contributed by atoms with E-state index in [9.17, 15) is 4.79 Å². The van der Waals surface area contributed by atoms with Crippen molar-refractivity contribution in [1.29, 1.82) is 0 Å². The van der Waals surface area contributed by atoms with E-state index in [0.29, 0.717) is 22.1 Å². The van der Waals surface area contributed by atoms with Gasteiger partial charge in [0.15, 0.2) is 0 Å². The Kier molecular flexibility index (Phi) is 4.19. The smallest absolute Gasteiger partial charge is 0.339 e. The molecule has 0 amide bonds. The number of methoxy groups -OCH3 is 1. The van der Waals surface area contributed by atoms with Crippen molar-refractivity contribution in [1.82, 2.24) is 0 Å². The lowest BCUT2D eigenvalue weighted by molar-refractivity contribution is 0.0602. The van der Waals surface area contributed by atoms with Gasteiger partial charge < -0.3 is 10.5 Å². The van der Waals surface area contributed by atoms with Crippen LogP contribution in [0.1, 0.15) is 15.9 Å². The van der Waals surface area contributed by atoms with Crippen LogP contribution in [0.2, 0.25) is 0 Å². The number of rotatable bonds is 1. The Morgan fingerprint density at radius 1 is 1.60 bits per heavy atom. The molecule has 0 atom stereocenters. The Hall–Kier alpha value is -1.47. The number of carbonyl (C=O) groups excluding carboxylic acids is 1. The number of hydrogen-bond donors (Lipinski definition) is 1. The van der Waals surface area contributed by atoms with Gasteiger partial charge in [0.2, 0.25) is 0 Å². The molecule has 0 fully saturated rings. The fourth-order valence-electron chi connectivity index (χ4n) is 1.09. The molecule has 0 radical (unpaired) electrons. The molecule has 3 nitrogen and oxygen atoms in total. The van der Waals surface area contributed by atoms with Crippen molar-refractivity contribution >= 4 is 27.6 Å². The molecule has 0 aliphatic rings. The first-order valence-electron chi connectivity index (χ1n) is 4.22. The van der Waals surface area contributed by atoms with E-state index in [2.05, 4.69) is 32.5 Å². The number of esters is 1. The van der Waals surface area contributed by atoms with Crippen molar-refractivity contribution in [3.8, 4) is 11.8 Å². The van der Waals surface area contributed by atoms with Crippen LogP contribution >= 0.6 is 15.9 Å². The molecule has 4 heteroatoms. The molecule has 1 aromatic rings. The van der Waals surface area contributed by atoms with E-state index in [1.807, 2.05) is 0 Å². The summed E-state index contributed by atoms with van der Waals surface area (Å²) < 4.78 is 4.60. The molecular weight excluding hydrogens is 258 g/mol. The fourth-order valence-corrected chi connectivity index (χ4v) is 1.23. The maximum atomic E-state index is 11.3. The molecule has 0 unspecified atom stereocenters. The van der Waals surface area contributed by atoms with Gasteiger partial charge in [-0.05, 0) is 12.1 Å². The van der Waals surface area contributed by atoms with Crippen LogP contribution in [-0.2, 0) is 4.74 Å². The number of halogens is 1. The zero-order chi connectivity index (χ0) is 11.3. The third-order valence-corrected chi connectivity index (χ3v) is 2.08. The molecule has 0 aromatic heterocycles. The first-order chi connectivity index (χ1) is 7.20. The highest BCUT2D eigenvalue weighted by Crippen LogP contribution is 2.17. The predicted molar refractivity (Wildman–Crippen MR) is 62.9 cm³/mol.